The molecule has 0 aromatic carbocycles. The van der Waals surface area contributed by atoms with E-state index < -0.39 is 0 Å². The van der Waals surface area contributed by atoms with Gasteiger partial charge in [0.1, 0.15) is 0 Å². The average Bonchev–Trinajstić information content (AvgIpc) is 3.08. The van der Waals surface area contributed by atoms with Gasteiger partial charge < -0.3 is 11.1 Å². The molecule has 0 saturated heterocycles. The number of fused-ring (bicyclic) bond motifs is 1. The maximum absolute atomic E-state index is 5.74. The lowest BCUT2D eigenvalue weighted by atomic mass is 9.80. The lowest BCUT2D eigenvalue weighted by Gasteiger charge is -2.32. The Labute approximate surface area is 136 Å². The van der Waals surface area contributed by atoms with Crippen LogP contribution in [0, 0.1) is 0 Å². The first-order valence-corrected chi connectivity index (χ1v) is 9.07. The molecular weight excluding hydrogens is 292 g/mol. The average molecular weight is 316 g/mol. The van der Waals surface area contributed by atoms with Crippen molar-refractivity contribution in [3.8, 4) is 0 Å². The van der Waals surface area contributed by atoms with Gasteiger partial charge in [-0.3, -0.25) is 4.98 Å². The van der Waals surface area contributed by atoms with Gasteiger partial charge >= 0.3 is 0 Å². The number of hydrogen-bond donors (Lipinski definition) is 2. The molecule has 0 amide bonds. The fraction of sp³-hybridized carbons (Fsp3) is 0.529. The van der Waals surface area contributed by atoms with E-state index in [0.717, 1.165) is 38.0 Å². The molecule has 2 aromatic heterocycles. The van der Waals surface area contributed by atoms with Crippen molar-refractivity contribution < 1.29 is 0 Å². The van der Waals surface area contributed by atoms with Crippen LogP contribution in [0.2, 0.25) is 0 Å². The third-order valence-corrected chi connectivity index (χ3v) is 5.11. The summed E-state index contributed by atoms with van der Waals surface area (Å²) >= 11 is 1.65. The molecule has 118 valence electrons. The summed E-state index contributed by atoms with van der Waals surface area (Å²) in [5.41, 5.74) is 11.5. The van der Waals surface area contributed by atoms with Gasteiger partial charge in [-0.25, -0.2) is 4.98 Å². The van der Waals surface area contributed by atoms with Gasteiger partial charge in [-0.05, 0) is 50.3 Å². The van der Waals surface area contributed by atoms with E-state index in [0.29, 0.717) is 12.0 Å². The zero-order chi connectivity index (χ0) is 15.2. The summed E-state index contributed by atoms with van der Waals surface area (Å²) < 4.78 is 0. The van der Waals surface area contributed by atoms with Crippen molar-refractivity contribution in [1.29, 1.82) is 0 Å². The number of aryl methyl sites for hydroxylation is 1. The van der Waals surface area contributed by atoms with E-state index >= 15 is 0 Å². The Kier molecular flexibility index (Phi) is 5.53. The highest BCUT2D eigenvalue weighted by Gasteiger charge is 2.28. The van der Waals surface area contributed by atoms with Crippen LogP contribution in [0.1, 0.15) is 48.6 Å². The second kappa shape index (κ2) is 7.81. The minimum absolute atomic E-state index is 0.430. The number of nitrogens with zero attached hydrogens (tertiary/aromatic N) is 2. The van der Waals surface area contributed by atoms with Crippen LogP contribution in [-0.2, 0) is 13.0 Å². The Morgan fingerprint density at radius 1 is 1.41 bits per heavy atom. The van der Waals surface area contributed by atoms with Gasteiger partial charge in [0.2, 0.25) is 0 Å². The summed E-state index contributed by atoms with van der Waals surface area (Å²) in [6.07, 6.45) is 7.70. The van der Waals surface area contributed by atoms with Crippen molar-refractivity contribution >= 4 is 11.3 Å². The molecule has 3 rings (SSSR count). The summed E-state index contributed by atoms with van der Waals surface area (Å²) in [6, 6.07) is 4.72. The molecule has 4 nitrogen and oxygen atoms in total. The van der Waals surface area contributed by atoms with Crippen LogP contribution < -0.4 is 11.1 Å². The molecule has 1 aliphatic rings. The van der Waals surface area contributed by atoms with E-state index in [9.17, 15) is 0 Å². The molecular formula is C17H24N4S. The predicted molar refractivity (Wildman–Crippen MR) is 90.9 cm³/mol. The van der Waals surface area contributed by atoms with Crippen molar-refractivity contribution in [2.75, 3.05) is 6.54 Å². The zero-order valence-corrected chi connectivity index (χ0v) is 13.7. The molecule has 0 fully saturated rings. The van der Waals surface area contributed by atoms with Gasteiger partial charge in [-0.15, -0.1) is 11.3 Å². The van der Waals surface area contributed by atoms with Gasteiger partial charge in [0.25, 0.3) is 0 Å². The zero-order valence-electron chi connectivity index (χ0n) is 12.9. The van der Waals surface area contributed by atoms with Gasteiger partial charge in [-0.1, -0.05) is 6.07 Å². The van der Waals surface area contributed by atoms with Crippen LogP contribution in [-0.4, -0.2) is 22.6 Å². The first-order chi connectivity index (χ1) is 10.9. The number of hydrogen-bond acceptors (Lipinski definition) is 5. The monoisotopic (exact) mass is 316 g/mol. The molecule has 0 spiro atoms. The lowest BCUT2D eigenvalue weighted by Crippen LogP contribution is -2.37. The SMILES string of the molecule is NCCCC(NCc1cscn1)C1CCCc2cccnc21. The highest BCUT2D eigenvalue weighted by Crippen LogP contribution is 2.34. The fourth-order valence-corrected chi connectivity index (χ4v) is 3.94. The first kappa shape index (κ1) is 15.6. The molecule has 3 N–H and O–H groups in total. The highest BCUT2D eigenvalue weighted by atomic mass is 32.1. The van der Waals surface area contributed by atoms with E-state index in [1.807, 2.05) is 11.7 Å². The van der Waals surface area contributed by atoms with E-state index in [2.05, 4.69) is 32.8 Å². The molecule has 22 heavy (non-hydrogen) atoms. The normalized spacial score (nSPS) is 18.9. The Morgan fingerprint density at radius 2 is 2.36 bits per heavy atom. The van der Waals surface area contributed by atoms with Crippen molar-refractivity contribution in [1.82, 2.24) is 15.3 Å². The molecule has 0 bridgehead atoms. The number of thiazole rings is 1. The van der Waals surface area contributed by atoms with Gasteiger partial charge in [0.15, 0.2) is 0 Å². The van der Waals surface area contributed by atoms with E-state index in [1.54, 1.807) is 11.3 Å². The maximum atomic E-state index is 5.74. The quantitative estimate of drug-likeness (QED) is 0.824. The molecule has 2 heterocycles. The number of nitrogens with two attached hydrogens (primary N) is 1. The number of aromatic nitrogens is 2. The molecule has 0 saturated carbocycles. The van der Waals surface area contributed by atoms with Crippen LogP contribution in [0.3, 0.4) is 0 Å². The molecule has 0 aliphatic heterocycles. The minimum atomic E-state index is 0.430. The molecule has 2 atom stereocenters. The van der Waals surface area contributed by atoms with E-state index in [-0.39, 0.29) is 0 Å². The Hall–Kier alpha value is -1.30. The second-order valence-electron chi connectivity index (χ2n) is 5.94. The van der Waals surface area contributed by atoms with Crippen LogP contribution in [0.5, 0.6) is 0 Å². The molecule has 0 radical (unpaired) electrons. The topological polar surface area (TPSA) is 63.8 Å². The largest absolute Gasteiger partial charge is 0.330 e. The van der Waals surface area contributed by atoms with E-state index in [1.165, 1.54) is 24.1 Å². The third kappa shape index (κ3) is 3.72. The van der Waals surface area contributed by atoms with Gasteiger partial charge in [-0.2, -0.15) is 0 Å². The van der Waals surface area contributed by atoms with Gasteiger partial charge in [0, 0.05) is 35.8 Å². The summed E-state index contributed by atoms with van der Waals surface area (Å²) in [5, 5.41) is 5.83. The maximum Gasteiger partial charge on any atom is 0.0795 e. The van der Waals surface area contributed by atoms with Crippen molar-refractivity contribution in [2.45, 2.75) is 50.6 Å². The summed E-state index contributed by atoms with van der Waals surface area (Å²) in [6.45, 7) is 1.58. The minimum Gasteiger partial charge on any atom is -0.330 e. The predicted octanol–water partition coefficient (Wildman–Crippen LogP) is 2.86. The molecule has 2 unspecified atom stereocenters. The van der Waals surface area contributed by atoms with Gasteiger partial charge in [0.05, 0.1) is 11.2 Å². The van der Waals surface area contributed by atoms with Crippen molar-refractivity contribution in [3.05, 3.63) is 46.2 Å². The molecule has 5 heteroatoms. The third-order valence-electron chi connectivity index (χ3n) is 4.47. The van der Waals surface area contributed by atoms with Crippen molar-refractivity contribution in [3.63, 3.8) is 0 Å². The number of rotatable bonds is 7. The first-order valence-electron chi connectivity index (χ1n) is 8.13. The summed E-state index contributed by atoms with van der Waals surface area (Å²) in [4.78, 5) is 9.06. The van der Waals surface area contributed by atoms with Crippen LogP contribution in [0.25, 0.3) is 0 Å². The molecule has 2 aromatic rings. The highest BCUT2D eigenvalue weighted by molar-refractivity contribution is 7.07. The second-order valence-corrected chi connectivity index (χ2v) is 6.66. The lowest BCUT2D eigenvalue weighted by molar-refractivity contribution is 0.358. The van der Waals surface area contributed by atoms with E-state index in [4.69, 9.17) is 5.73 Å². The fourth-order valence-electron chi connectivity index (χ4n) is 3.38. The Morgan fingerprint density at radius 3 is 3.18 bits per heavy atom. The number of pyridine rings is 1. The smallest absolute Gasteiger partial charge is 0.0795 e. The van der Waals surface area contributed by atoms with Crippen LogP contribution >= 0.6 is 11.3 Å². The summed E-state index contributed by atoms with van der Waals surface area (Å²) in [5.74, 6) is 0.495. The number of nitrogens with one attached hydrogen (secondary N) is 1. The standard InChI is InChI=1S/C17H24N4S/c18-8-2-7-16(20-10-14-11-22-12-21-14)15-6-1-4-13-5-3-9-19-17(13)15/h3,5,9,11-12,15-16,20H,1-2,4,6-8,10,18H2. The molecule has 1 aliphatic carbocycles. The van der Waals surface area contributed by atoms with Crippen LogP contribution in [0.15, 0.2) is 29.2 Å². The van der Waals surface area contributed by atoms with Crippen LogP contribution in [0.4, 0.5) is 0 Å². The Bertz CT molecular complexity index is 570. The van der Waals surface area contributed by atoms with Crippen molar-refractivity contribution in [2.24, 2.45) is 5.73 Å². The summed E-state index contributed by atoms with van der Waals surface area (Å²) in [7, 11) is 0. The Balaban J connectivity index is 1.74.